The van der Waals surface area contributed by atoms with E-state index in [0.29, 0.717) is 0 Å². The Hall–Kier alpha value is -6.00. The zero-order valence-corrected chi connectivity index (χ0v) is 36.1. The fourth-order valence-electron chi connectivity index (χ4n) is 3.79. The molecule has 0 saturated carbocycles. The van der Waals surface area contributed by atoms with E-state index in [-0.39, 0.29) is 0 Å². The Balaban J connectivity index is 0.000000265. The van der Waals surface area contributed by atoms with Crippen LogP contribution in [0, 0.1) is 67.1 Å². The molecule has 0 aliphatic heterocycles. The molecule has 0 atom stereocenters. The fraction of sp³-hybridized carbons (Fsp3) is 0.132. The maximum absolute atomic E-state index is 9.55. The van der Waals surface area contributed by atoms with Crippen molar-refractivity contribution in [3.63, 3.8) is 0 Å². The van der Waals surface area contributed by atoms with Crippen molar-refractivity contribution >= 4 is 31.9 Å². The Labute approximate surface area is 357 Å². The van der Waals surface area contributed by atoms with Crippen molar-refractivity contribution in [2.24, 2.45) is 0 Å². The van der Waals surface area contributed by atoms with Gasteiger partial charge in [-0.3, -0.25) is 0 Å². The highest BCUT2D eigenvalue weighted by Gasteiger charge is 2.05. The van der Waals surface area contributed by atoms with Crippen LogP contribution in [0.3, 0.4) is 0 Å². The summed E-state index contributed by atoms with van der Waals surface area (Å²) in [6, 6.07) is 53.4. The Kier molecular flexibility index (Phi) is 21.5. The summed E-state index contributed by atoms with van der Waals surface area (Å²) < 4.78 is 2.22. The van der Waals surface area contributed by atoms with Crippen molar-refractivity contribution < 1.29 is 10.2 Å². The summed E-state index contributed by atoms with van der Waals surface area (Å²) in [5.41, 5.74) is 5.23. The van der Waals surface area contributed by atoms with E-state index >= 15 is 0 Å². The molecule has 0 unspecified atom stereocenters. The third-order valence-electron chi connectivity index (χ3n) is 6.80. The summed E-state index contributed by atoms with van der Waals surface area (Å²) in [5.74, 6) is 22.9. The molecule has 4 heteroatoms. The van der Waals surface area contributed by atoms with Crippen molar-refractivity contribution in [1.82, 2.24) is 0 Å². The van der Waals surface area contributed by atoms with Crippen LogP contribution in [0.1, 0.15) is 66.6 Å². The lowest BCUT2D eigenvalue weighted by molar-refractivity contribution is 0.143. The molecule has 284 valence electrons. The second-order valence-electron chi connectivity index (χ2n) is 13.1. The van der Waals surface area contributed by atoms with E-state index in [1.54, 1.807) is 27.7 Å². The van der Waals surface area contributed by atoms with Crippen LogP contribution in [0.25, 0.3) is 0 Å². The quantitative estimate of drug-likeness (QED) is 0.149. The minimum atomic E-state index is -0.966. The number of aryl methyl sites for hydroxylation is 1. The Morgan fingerprint density at radius 1 is 0.404 bits per heavy atom. The third kappa shape index (κ3) is 24.2. The monoisotopic (exact) mass is 872 g/mol. The number of aliphatic hydroxyl groups is 2. The van der Waals surface area contributed by atoms with Gasteiger partial charge in [0.25, 0.3) is 0 Å². The molecule has 2 N–H and O–H groups in total. The van der Waals surface area contributed by atoms with Gasteiger partial charge in [-0.05, 0) is 132 Å². The average molecular weight is 875 g/mol. The van der Waals surface area contributed by atoms with Crippen LogP contribution < -0.4 is 0 Å². The fourth-order valence-corrected chi connectivity index (χ4v) is 4.32. The Bertz CT molecular complexity index is 2300. The summed E-state index contributed by atoms with van der Waals surface area (Å²) >= 11 is 6.74. The van der Waals surface area contributed by atoms with Crippen LogP contribution in [-0.2, 0) is 0 Å². The van der Waals surface area contributed by atoms with Crippen LogP contribution >= 0.6 is 31.9 Å². The highest BCUT2D eigenvalue weighted by atomic mass is 79.9. The van der Waals surface area contributed by atoms with Gasteiger partial charge in [0.1, 0.15) is 11.2 Å². The summed E-state index contributed by atoms with van der Waals surface area (Å²) in [6.45, 7) is 8.53. The van der Waals surface area contributed by atoms with Gasteiger partial charge in [0.05, 0.1) is 0 Å². The molecule has 0 fully saturated rings. The molecule has 0 aromatic heterocycles. The second kappa shape index (κ2) is 26.0. The number of benzene rings is 6. The lowest BCUT2D eigenvalue weighted by Crippen LogP contribution is -2.14. The summed E-state index contributed by atoms with van der Waals surface area (Å²) in [7, 11) is 0. The van der Waals surface area contributed by atoms with Crippen molar-refractivity contribution in [2.75, 3.05) is 0 Å². The molecule has 6 aromatic carbocycles. The van der Waals surface area contributed by atoms with Gasteiger partial charge < -0.3 is 10.2 Å². The highest BCUT2D eigenvalue weighted by Crippen LogP contribution is 2.10. The first-order valence-electron chi connectivity index (χ1n) is 17.8. The molecular weight excluding hydrogens is 828 g/mol. The highest BCUT2D eigenvalue weighted by molar-refractivity contribution is 9.10. The zero-order chi connectivity index (χ0) is 41.9. The lowest BCUT2D eigenvalue weighted by Gasteiger charge is -2.05. The SMILES string of the molecule is Brc1ccc(C#Cc2ccccc2)cc1.C#CC(C)(C)O.C#Cc1ccccc1.CC(C)(O)C#Cc1ccc(C#Cc2ccccc2)cc1.Cc1ccc(Br)cc1. The van der Waals surface area contributed by atoms with Gasteiger partial charge in [0, 0.05) is 42.3 Å². The molecule has 0 spiro atoms. The smallest absolute Gasteiger partial charge is 0.120 e. The van der Waals surface area contributed by atoms with Crippen molar-refractivity contribution in [2.45, 2.75) is 45.8 Å². The molecule has 57 heavy (non-hydrogen) atoms. The molecule has 0 heterocycles. The molecular formula is C53H46Br2O2. The van der Waals surface area contributed by atoms with Crippen molar-refractivity contribution in [3.8, 4) is 60.2 Å². The molecule has 6 rings (SSSR count). The number of hydrogen-bond acceptors (Lipinski definition) is 2. The van der Waals surface area contributed by atoms with Crippen LogP contribution in [-0.4, -0.2) is 21.4 Å². The maximum Gasteiger partial charge on any atom is 0.120 e. The number of hydrogen-bond donors (Lipinski definition) is 2. The van der Waals surface area contributed by atoms with Crippen molar-refractivity contribution in [3.05, 3.63) is 212 Å². The maximum atomic E-state index is 9.55. The lowest BCUT2D eigenvalue weighted by atomic mass is 10.1. The van der Waals surface area contributed by atoms with Crippen LogP contribution in [0.15, 0.2) is 173 Å². The van der Waals surface area contributed by atoms with Crippen molar-refractivity contribution in [1.29, 1.82) is 0 Å². The summed E-state index contributed by atoms with van der Waals surface area (Å²) in [4.78, 5) is 0. The van der Waals surface area contributed by atoms with Crippen LogP contribution in [0.5, 0.6) is 0 Å². The van der Waals surface area contributed by atoms with E-state index in [1.165, 1.54) is 5.56 Å². The number of rotatable bonds is 0. The number of terminal acetylenes is 2. The van der Waals surface area contributed by atoms with E-state index in [1.807, 2.05) is 152 Å². The predicted molar refractivity (Wildman–Crippen MR) is 247 cm³/mol. The minimum absolute atomic E-state index is 0.873. The average Bonchev–Trinajstić information content (AvgIpc) is 3.22. The predicted octanol–water partition coefficient (Wildman–Crippen LogP) is 11.9. The molecule has 0 saturated heterocycles. The van der Waals surface area contributed by atoms with E-state index in [9.17, 15) is 5.11 Å². The summed E-state index contributed by atoms with van der Waals surface area (Å²) in [6.07, 6.45) is 9.91. The molecule has 2 nitrogen and oxygen atoms in total. The standard InChI is InChI=1S/C19H16O.C14H9Br.C8H6.C7H7Br.C5H8O/c1-19(2,20)15-14-18-12-10-17(11-13-18)9-8-16-6-4-3-5-7-16;15-14-10-8-13(9-11-14)7-6-12-4-2-1-3-5-12;1-2-8-6-4-3-5-7-8;1-6-2-4-7(8)5-3-6;1-4-5(2,3)6/h3-7,10-13,20H,1-2H3;1-5,8-11H;1,3-7H;2-5H,1H3;1,6H,2-3H3. The van der Waals surface area contributed by atoms with Crippen LogP contribution in [0.4, 0.5) is 0 Å². The molecule has 0 radical (unpaired) electrons. The topological polar surface area (TPSA) is 40.5 Å². The van der Waals surface area contributed by atoms with E-state index < -0.39 is 11.2 Å². The van der Waals surface area contributed by atoms with E-state index in [2.05, 4.69) is 98.3 Å². The van der Waals surface area contributed by atoms with Gasteiger partial charge in [-0.2, -0.15) is 0 Å². The molecule has 6 aromatic rings. The van der Waals surface area contributed by atoms with Gasteiger partial charge >= 0.3 is 0 Å². The minimum Gasteiger partial charge on any atom is -0.378 e. The first-order chi connectivity index (χ1) is 27.2. The third-order valence-corrected chi connectivity index (χ3v) is 7.85. The molecule has 0 bridgehead atoms. The van der Waals surface area contributed by atoms with Gasteiger partial charge in [-0.1, -0.05) is 152 Å². The first kappa shape index (κ1) is 47.2. The Morgan fingerprint density at radius 2 is 0.684 bits per heavy atom. The molecule has 0 aliphatic rings. The van der Waals surface area contributed by atoms with Gasteiger partial charge in [-0.15, -0.1) is 12.8 Å². The summed E-state index contributed by atoms with van der Waals surface area (Å²) in [5, 5.41) is 18.1. The first-order valence-corrected chi connectivity index (χ1v) is 19.4. The molecule has 0 amide bonds. The Morgan fingerprint density at radius 3 is 0.965 bits per heavy atom. The van der Waals surface area contributed by atoms with Gasteiger partial charge in [-0.25, -0.2) is 0 Å². The second-order valence-corrected chi connectivity index (χ2v) is 15.0. The zero-order valence-electron chi connectivity index (χ0n) is 32.9. The van der Waals surface area contributed by atoms with Gasteiger partial charge in [0.2, 0.25) is 0 Å². The number of halogens is 2. The van der Waals surface area contributed by atoms with E-state index in [0.717, 1.165) is 42.3 Å². The van der Waals surface area contributed by atoms with Crippen LogP contribution in [0.2, 0.25) is 0 Å². The largest absolute Gasteiger partial charge is 0.378 e. The van der Waals surface area contributed by atoms with E-state index in [4.69, 9.17) is 18.0 Å². The van der Waals surface area contributed by atoms with Gasteiger partial charge in [0.15, 0.2) is 0 Å². The normalized spacial score (nSPS) is 9.39. The molecule has 0 aliphatic carbocycles.